The summed E-state index contributed by atoms with van der Waals surface area (Å²) in [6.07, 6.45) is 2.97. The minimum atomic E-state index is -0.218. The van der Waals surface area contributed by atoms with Crippen LogP contribution in [0, 0.1) is 10.8 Å². The standard InChI is InChI=1S/C14H29FO/c1-12(16-11-13(2,3)4)7-8-14(5,6)9-10-15/h12H,7-11H2,1-6H3. The summed E-state index contributed by atoms with van der Waals surface area (Å²) in [5.74, 6) is 0. The lowest BCUT2D eigenvalue weighted by Gasteiger charge is -2.26. The Balaban J connectivity index is 3.76. The molecule has 1 atom stereocenters. The van der Waals surface area contributed by atoms with E-state index in [1.165, 1.54) is 0 Å². The lowest BCUT2D eigenvalue weighted by Crippen LogP contribution is -2.22. The lowest BCUT2D eigenvalue weighted by molar-refractivity contribution is 0.00812. The Morgan fingerprint density at radius 3 is 2.06 bits per heavy atom. The molecule has 2 heteroatoms. The van der Waals surface area contributed by atoms with Gasteiger partial charge < -0.3 is 4.74 Å². The van der Waals surface area contributed by atoms with Gasteiger partial charge in [-0.05, 0) is 37.0 Å². The van der Waals surface area contributed by atoms with Crippen molar-refractivity contribution < 1.29 is 9.13 Å². The van der Waals surface area contributed by atoms with Gasteiger partial charge in [0.2, 0.25) is 0 Å². The van der Waals surface area contributed by atoms with E-state index in [4.69, 9.17) is 4.74 Å². The first kappa shape index (κ1) is 15.9. The van der Waals surface area contributed by atoms with Crippen molar-refractivity contribution in [3.8, 4) is 0 Å². The van der Waals surface area contributed by atoms with E-state index in [9.17, 15) is 4.39 Å². The fourth-order valence-electron chi connectivity index (χ4n) is 1.45. The van der Waals surface area contributed by atoms with Crippen LogP contribution in [0.15, 0.2) is 0 Å². The van der Waals surface area contributed by atoms with Gasteiger partial charge in [0.25, 0.3) is 0 Å². The van der Waals surface area contributed by atoms with Gasteiger partial charge in [-0.3, -0.25) is 4.39 Å². The van der Waals surface area contributed by atoms with Crippen LogP contribution >= 0.6 is 0 Å². The molecular weight excluding hydrogens is 203 g/mol. The molecule has 98 valence electrons. The molecule has 0 radical (unpaired) electrons. The van der Waals surface area contributed by atoms with Crippen molar-refractivity contribution >= 4 is 0 Å². The van der Waals surface area contributed by atoms with Crippen LogP contribution in [-0.2, 0) is 4.74 Å². The third-order valence-electron chi connectivity index (χ3n) is 2.80. The molecule has 0 saturated carbocycles. The quantitative estimate of drug-likeness (QED) is 0.623. The van der Waals surface area contributed by atoms with Crippen LogP contribution in [0.1, 0.15) is 60.8 Å². The fraction of sp³-hybridized carbons (Fsp3) is 1.00. The zero-order valence-corrected chi connectivity index (χ0v) is 11.9. The maximum Gasteiger partial charge on any atom is 0.0899 e. The van der Waals surface area contributed by atoms with Crippen LogP contribution in [0.3, 0.4) is 0 Å². The smallest absolute Gasteiger partial charge is 0.0899 e. The van der Waals surface area contributed by atoms with Crippen LogP contribution < -0.4 is 0 Å². The maximum absolute atomic E-state index is 12.3. The Labute approximate surface area is 101 Å². The first-order valence-corrected chi connectivity index (χ1v) is 6.34. The number of hydrogen-bond acceptors (Lipinski definition) is 1. The number of rotatable bonds is 7. The average molecular weight is 232 g/mol. The molecule has 0 heterocycles. The third-order valence-corrected chi connectivity index (χ3v) is 2.80. The van der Waals surface area contributed by atoms with Gasteiger partial charge in [-0.15, -0.1) is 0 Å². The van der Waals surface area contributed by atoms with Crippen molar-refractivity contribution in [3.05, 3.63) is 0 Å². The van der Waals surface area contributed by atoms with Gasteiger partial charge in [0.05, 0.1) is 19.4 Å². The fourth-order valence-corrected chi connectivity index (χ4v) is 1.45. The van der Waals surface area contributed by atoms with Crippen LogP contribution in [0.4, 0.5) is 4.39 Å². The second kappa shape index (κ2) is 6.58. The molecule has 0 fully saturated rings. The Hall–Kier alpha value is -0.110. The predicted octanol–water partition coefficient (Wildman–Crippen LogP) is 4.60. The minimum Gasteiger partial charge on any atom is -0.378 e. The molecule has 1 nitrogen and oxygen atoms in total. The molecule has 0 saturated heterocycles. The summed E-state index contributed by atoms with van der Waals surface area (Å²) in [6.45, 7) is 13.5. The van der Waals surface area contributed by atoms with E-state index in [1.807, 2.05) is 0 Å². The molecule has 0 aliphatic carbocycles. The van der Waals surface area contributed by atoms with Crippen molar-refractivity contribution in [1.82, 2.24) is 0 Å². The second-order valence-electron chi connectivity index (χ2n) is 6.82. The molecule has 16 heavy (non-hydrogen) atoms. The number of alkyl halides is 1. The van der Waals surface area contributed by atoms with E-state index in [1.54, 1.807) is 0 Å². The van der Waals surface area contributed by atoms with E-state index in [0.29, 0.717) is 6.42 Å². The van der Waals surface area contributed by atoms with E-state index >= 15 is 0 Å². The highest BCUT2D eigenvalue weighted by Crippen LogP contribution is 2.28. The molecular formula is C14H29FO. The largest absolute Gasteiger partial charge is 0.378 e. The predicted molar refractivity (Wildman–Crippen MR) is 68.5 cm³/mol. The van der Waals surface area contributed by atoms with Gasteiger partial charge >= 0.3 is 0 Å². The van der Waals surface area contributed by atoms with Crippen molar-refractivity contribution in [2.45, 2.75) is 66.9 Å². The topological polar surface area (TPSA) is 9.23 Å². The van der Waals surface area contributed by atoms with Crippen molar-refractivity contribution in [2.75, 3.05) is 13.3 Å². The summed E-state index contributed by atoms with van der Waals surface area (Å²) in [5, 5.41) is 0. The summed E-state index contributed by atoms with van der Waals surface area (Å²) in [7, 11) is 0. The number of ether oxygens (including phenoxy) is 1. The Bertz CT molecular complexity index is 182. The van der Waals surface area contributed by atoms with Crippen molar-refractivity contribution in [3.63, 3.8) is 0 Å². The van der Waals surface area contributed by atoms with E-state index in [0.717, 1.165) is 19.4 Å². The minimum absolute atomic E-state index is 0.105. The van der Waals surface area contributed by atoms with Gasteiger partial charge in [0.1, 0.15) is 0 Å². The molecule has 0 spiro atoms. The van der Waals surface area contributed by atoms with Gasteiger partial charge in [0.15, 0.2) is 0 Å². The zero-order valence-electron chi connectivity index (χ0n) is 11.9. The van der Waals surface area contributed by atoms with E-state index in [-0.39, 0.29) is 23.6 Å². The summed E-state index contributed by atoms with van der Waals surface area (Å²) in [6, 6.07) is 0. The van der Waals surface area contributed by atoms with Crippen LogP contribution in [0.5, 0.6) is 0 Å². The summed E-state index contributed by atoms with van der Waals surface area (Å²) < 4.78 is 18.1. The van der Waals surface area contributed by atoms with Crippen molar-refractivity contribution in [1.29, 1.82) is 0 Å². The molecule has 0 aliphatic rings. The molecule has 0 rings (SSSR count). The Kier molecular flexibility index (Phi) is 6.54. The molecule has 0 amide bonds. The molecule has 1 unspecified atom stereocenters. The SMILES string of the molecule is CC(CCC(C)(C)CCF)OCC(C)(C)C. The van der Waals surface area contributed by atoms with Crippen LogP contribution in [-0.4, -0.2) is 19.4 Å². The van der Waals surface area contributed by atoms with Crippen LogP contribution in [0.25, 0.3) is 0 Å². The van der Waals surface area contributed by atoms with E-state index < -0.39 is 0 Å². The Morgan fingerprint density at radius 2 is 1.62 bits per heavy atom. The van der Waals surface area contributed by atoms with Crippen LogP contribution in [0.2, 0.25) is 0 Å². The highest BCUT2D eigenvalue weighted by atomic mass is 19.1. The third kappa shape index (κ3) is 9.14. The molecule has 0 bridgehead atoms. The molecule has 0 aromatic carbocycles. The van der Waals surface area contributed by atoms with Crippen molar-refractivity contribution in [2.24, 2.45) is 10.8 Å². The Morgan fingerprint density at radius 1 is 1.06 bits per heavy atom. The first-order valence-electron chi connectivity index (χ1n) is 6.34. The highest BCUT2D eigenvalue weighted by Gasteiger charge is 2.19. The number of hydrogen-bond donors (Lipinski definition) is 0. The van der Waals surface area contributed by atoms with Gasteiger partial charge in [-0.25, -0.2) is 0 Å². The first-order chi connectivity index (χ1) is 7.16. The molecule has 0 N–H and O–H groups in total. The van der Waals surface area contributed by atoms with Gasteiger partial charge in [0, 0.05) is 0 Å². The summed E-state index contributed by atoms with van der Waals surface area (Å²) >= 11 is 0. The molecule has 0 aliphatic heterocycles. The summed E-state index contributed by atoms with van der Waals surface area (Å²) in [4.78, 5) is 0. The van der Waals surface area contributed by atoms with Gasteiger partial charge in [-0.2, -0.15) is 0 Å². The van der Waals surface area contributed by atoms with Gasteiger partial charge in [-0.1, -0.05) is 34.6 Å². The average Bonchev–Trinajstić information content (AvgIpc) is 2.10. The number of halogens is 1. The van der Waals surface area contributed by atoms with E-state index in [2.05, 4.69) is 41.5 Å². The zero-order chi connectivity index (χ0) is 12.8. The molecule has 0 aromatic rings. The maximum atomic E-state index is 12.3. The normalized spacial score (nSPS) is 15.2. The lowest BCUT2D eigenvalue weighted by atomic mass is 9.84. The summed E-state index contributed by atoms with van der Waals surface area (Å²) in [5.41, 5.74) is 0.330. The molecule has 0 aromatic heterocycles. The highest BCUT2D eigenvalue weighted by molar-refractivity contribution is 4.70. The second-order valence-corrected chi connectivity index (χ2v) is 6.82. The monoisotopic (exact) mass is 232 g/mol.